The minimum absolute atomic E-state index is 0.570. The van der Waals surface area contributed by atoms with Crippen LogP contribution in [-0.2, 0) is 4.74 Å². The summed E-state index contributed by atoms with van der Waals surface area (Å²) in [4.78, 5) is 0. The van der Waals surface area contributed by atoms with Gasteiger partial charge >= 0.3 is 0 Å². The molecule has 0 aliphatic carbocycles. The average molecular weight is 213 g/mol. The van der Waals surface area contributed by atoms with Crippen molar-refractivity contribution in [1.82, 2.24) is 5.32 Å². The smallest absolute Gasteiger partial charge is 0.107 e. The summed E-state index contributed by atoms with van der Waals surface area (Å²) in [5.41, 5.74) is 0. The van der Waals surface area contributed by atoms with E-state index in [0.717, 1.165) is 32.0 Å². The fourth-order valence-corrected chi connectivity index (χ4v) is 0.885. The van der Waals surface area contributed by atoms with E-state index in [-0.39, 0.29) is 0 Å². The lowest BCUT2D eigenvalue weighted by Crippen LogP contribution is -2.21. The van der Waals surface area contributed by atoms with Gasteiger partial charge in [-0.2, -0.15) is 0 Å². The van der Waals surface area contributed by atoms with Gasteiger partial charge in [0.05, 0.1) is 0 Å². The van der Waals surface area contributed by atoms with Gasteiger partial charge in [0.1, 0.15) is 6.61 Å². The highest BCUT2D eigenvalue weighted by Crippen LogP contribution is 1.87. The van der Waals surface area contributed by atoms with Crippen LogP contribution in [-0.4, -0.2) is 26.3 Å². The molecule has 0 aliphatic rings. The Morgan fingerprint density at radius 1 is 1.27 bits per heavy atom. The Morgan fingerprint density at radius 3 is 2.47 bits per heavy atom. The maximum atomic E-state index is 5.27. The Balaban J connectivity index is 0. The number of nitrogens with one attached hydrogen (secondary N) is 1. The van der Waals surface area contributed by atoms with Crippen LogP contribution in [0.4, 0.5) is 0 Å². The summed E-state index contributed by atoms with van der Waals surface area (Å²) in [5, 5.41) is 3.36. The van der Waals surface area contributed by atoms with Gasteiger partial charge in [-0.15, -0.1) is 5.92 Å². The first-order valence-corrected chi connectivity index (χ1v) is 5.95. The Bertz CT molecular complexity index is 156. The normalized spacial score (nSPS) is 8.93. The topological polar surface area (TPSA) is 21.3 Å². The molecule has 0 saturated carbocycles. The molecule has 0 spiro atoms. The van der Waals surface area contributed by atoms with Crippen molar-refractivity contribution < 1.29 is 4.74 Å². The van der Waals surface area contributed by atoms with Gasteiger partial charge in [0.2, 0.25) is 0 Å². The van der Waals surface area contributed by atoms with Crippen molar-refractivity contribution in [2.75, 3.05) is 26.3 Å². The highest BCUT2D eigenvalue weighted by atomic mass is 16.5. The zero-order chi connectivity index (χ0) is 11.9. The molecule has 0 heterocycles. The second-order valence-corrected chi connectivity index (χ2v) is 3.43. The number of ether oxygens (including phenoxy) is 1. The molecule has 0 amide bonds. The molecule has 0 atom stereocenters. The van der Waals surface area contributed by atoms with E-state index in [1.807, 2.05) is 20.8 Å². The largest absolute Gasteiger partial charge is 0.369 e. The van der Waals surface area contributed by atoms with E-state index < -0.39 is 0 Å². The molecule has 2 heteroatoms. The predicted molar refractivity (Wildman–Crippen MR) is 67.9 cm³/mol. The van der Waals surface area contributed by atoms with Crippen LogP contribution in [0.3, 0.4) is 0 Å². The third kappa shape index (κ3) is 19.8. The molecule has 0 unspecified atom stereocenters. The monoisotopic (exact) mass is 213 g/mol. The highest BCUT2D eigenvalue weighted by Gasteiger charge is 1.91. The number of hydrogen-bond donors (Lipinski definition) is 1. The highest BCUT2D eigenvalue weighted by molar-refractivity contribution is 4.94. The Hall–Kier alpha value is -0.520. The molecule has 0 fully saturated rings. The molecule has 0 aromatic rings. The minimum Gasteiger partial charge on any atom is -0.369 e. The SMILES string of the molecule is CC.CC#CCOCCCNCC(C)C. The van der Waals surface area contributed by atoms with Crippen molar-refractivity contribution in [1.29, 1.82) is 0 Å². The number of rotatable bonds is 7. The van der Waals surface area contributed by atoms with Crippen molar-refractivity contribution in [3.05, 3.63) is 0 Å². The molecule has 0 aromatic heterocycles. The van der Waals surface area contributed by atoms with Crippen molar-refractivity contribution in [3.63, 3.8) is 0 Å². The van der Waals surface area contributed by atoms with Gasteiger partial charge in [-0.25, -0.2) is 0 Å². The first kappa shape index (κ1) is 16.9. The van der Waals surface area contributed by atoms with Crippen LogP contribution in [0.5, 0.6) is 0 Å². The lowest BCUT2D eigenvalue weighted by Gasteiger charge is -2.06. The van der Waals surface area contributed by atoms with Crippen molar-refractivity contribution in [2.24, 2.45) is 5.92 Å². The zero-order valence-corrected chi connectivity index (χ0v) is 11.0. The minimum atomic E-state index is 0.570. The second-order valence-electron chi connectivity index (χ2n) is 3.43. The van der Waals surface area contributed by atoms with Gasteiger partial charge in [-0.05, 0) is 32.4 Å². The molecular formula is C13H27NO. The molecule has 15 heavy (non-hydrogen) atoms. The van der Waals surface area contributed by atoms with Crippen molar-refractivity contribution in [2.45, 2.75) is 41.0 Å². The Morgan fingerprint density at radius 2 is 1.93 bits per heavy atom. The molecule has 0 bridgehead atoms. The standard InChI is InChI=1S/C11H21NO.C2H6/c1-4-5-8-13-9-6-7-12-10-11(2)3;1-2/h11-12H,6-10H2,1-3H3;1-2H3. The molecule has 0 saturated heterocycles. The van der Waals surface area contributed by atoms with Gasteiger partial charge < -0.3 is 10.1 Å². The molecule has 0 aliphatic heterocycles. The molecule has 0 radical (unpaired) electrons. The van der Waals surface area contributed by atoms with Gasteiger partial charge in [-0.1, -0.05) is 33.6 Å². The van der Waals surface area contributed by atoms with Crippen molar-refractivity contribution >= 4 is 0 Å². The molecule has 1 N–H and O–H groups in total. The fraction of sp³-hybridized carbons (Fsp3) is 0.846. The summed E-state index contributed by atoms with van der Waals surface area (Å²) in [6.45, 7) is 13.8. The average Bonchev–Trinajstić information content (AvgIpc) is 2.24. The van der Waals surface area contributed by atoms with Crippen LogP contribution in [0.25, 0.3) is 0 Å². The van der Waals surface area contributed by atoms with Gasteiger partial charge in [0.25, 0.3) is 0 Å². The maximum Gasteiger partial charge on any atom is 0.107 e. The summed E-state index contributed by atoms with van der Waals surface area (Å²) in [7, 11) is 0. The van der Waals surface area contributed by atoms with Crippen LogP contribution >= 0.6 is 0 Å². The quantitative estimate of drug-likeness (QED) is 0.518. The van der Waals surface area contributed by atoms with Crippen LogP contribution in [0.1, 0.15) is 41.0 Å². The fourth-order valence-electron chi connectivity index (χ4n) is 0.885. The Kier molecular flexibility index (Phi) is 17.9. The van der Waals surface area contributed by atoms with Crippen molar-refractivity contribution in [3.8, 4) is 11.8 Å². The predicted octanol–water partition coefficient (Wildman–Crippen LogP) is 2.69. The summed E-state index contributed by atoms with van der Waals surface area (Å²) in [6.07, 6.45) is 1.07. The Labute approximate surface area is 95.8 Å². The van der Waals surface area contributed by atoms with Gasteiger partial charge in [-0.3, -0.25) is 0 Å². The lowest BCUT2D eigenvalue weighted by atomic mass is 10.2. The van der Waals surface area contributed by atoms with Crippen LogP contribution in [0, 0.1) is 17.8 Å². The van der Waals surface area contributed by atoms with E-state index in [0.29, 0.717) is 6.61 Å². The van der Waals surface area contributed by atoms with Crippen LogP contribution in [0.15, 0.2) is 0 Å². The van der Waals surface area contributed by atoms with E-state index in [1.54, 1.807) is 0 Å². The molecule has 0 rings (SSSR count). The summed E-state index contributed by atoms with van der Waals surface area (Å²) in [5.74, 6) is 6.39. The van der Waals surface area contributed by atoms with Crippen LogP contribution in [0.2, 0.25) is 0 Å². The third-order valence-corrected chi connectivity index (χ3v) is 1.55. The molecule has 2 nitrogen and oxygen atoms in total. The number of hydrogen-bond acceptors (Lipinski definition) is 2. The van der Waals surface area contributed by atoms with E-state index >= 15 is 0 Å². The van der Waals surface area contributed by atoms with E-state index in [4.69, 9.17) is 4.74 Å². The van der Waals surface area contributed by atoms with Gasteiger partial charge in [0.15, 0.2) is 0 Å². The van der Waals surface area contributed by atoms with E-state index in [1.165, 1.54) is 0 Å². The zero-order valence-electron chi connectivity index (χ0n) is 11.0. The third-order valence-electron chi connectivity index (χ3n) is 1.55. The van der Waals surface area contributed by atoms with E-state index in [2.05, 4.69) is 31.0 Å². The summed E-state index contributed by atoms with van der Waals surface area (Å²) >= 11 is 0. The second kappa shape index (κ2) is 15.9. The molecular weight excluding hydrogens is 186 g/mol. The summed E-state index contributed by atoms with van der Waals surface area (Å²) < 4.78 is 5.27. The molecule has 90 valence electrons. The first-order chi connectivity index (χ1) is 7.27. The van der Waals surface area contributed by atoms with Crippen LogP contribution < -0.4 is 5.32 Å². The molecule has 0 aromatic carbocycles. The summed E-state index contributed by atoms with van der Waals surface area (Å²) in [6, 6.07) is 0. The van der Waals surface area contributed by atoms with E-state index in [9.17, 15) is 0 Å². The first-order valence-electron chi connectivity index (χ1n) is 5.95. The maximum absolute atomic E-state index is 5.27. The van der Waals surface area contributed by atoms with Gasteiger partial charge in [0, 0.05) is 6.61 Å². The lowest BCUT2D eigenvalue weighted by molar-refractivity contribution is 0.163.